The molecule has 0 saturated carbocycles. The topological polar surface area (TPSA) is 95.8 Å². The van der Waals surface area contributed by atoms with E-state index in [-0.39, 0.29) is 12.4 Å². The second kappa shape index (κ2) is 6.71. The quantitative estimate of drug-likeness (QED) is 0.724. The van der Waals surface area contributed by atoms with Crippen LogP contribution in [0.15, 0.2) is 10.6 Å². The Labute approximate surface area is 118 Å². The number of aromatic nitrogens is 1. The molecule has 1 heterocycles. The van der Waals surface area contributed by atoms with Gasteiger partial charge in [-0.1, -0.05) is 5.16 Å². The number of sulfonamides is 1. The minimum absolute atomic E-state index is 0.104. The number of anilines is 1. The Kier molecular flexibility index (Phi) is 5.52. The van der Waals surface area contributed by atoms with Crippen LogP contribution in [-0.2, 0) is 14.8 Å². The highest BCUT2D eigenvalue weighted by Gasteiger charge is 2.23. The van der Waals surface area contributed by atoms with E-state index in [2.05, 4.69) is 10.5 Å². The predicted octanol–water partition coefficient (Wildman–Crippen LogP) is -0.573. The van der Waals surface area contributed by atoms with Crippen molar-refractivity contribution in [1.29, 1.82) is 0 Å². The Morgan fingerprint density at radius 3 is 2.55 bits per heavy atom. The molecule has 0 saturated heterocycles. The Balaban J connectivity index is 2.70. The number of amides is 1. The normalized spacial score (nSPS) is 11.7. The van der Waals surface area contributed by atoms with Gasteiger partial charge in [-0.3, -0.25) is 4.79 Å². The number of rotatable bonds is 7. The van der Waals surface area contributed by atoms with Gasteiger partial charge in [0.2, 0.25) is 15.9 Å². The van der Waals surface area contributed by atoms with Gasteiger partial charge in [0.25, 0.3) is 0 Å². The Morgan fingerprint density at radius 2 is 2.10 bits per heavy atom. The van der Waals surface area contributed by atoms with Crippen molar-refractivity contribution in [2.24, 2.45) is 0 Å². The molecule has 0 aliphatic rings. The van der Waals surface area contributed by atoms with Gasteiger partial charge >= 0.3 is 0 Å². The molecule has 0 spiro atoms. The largest absolute Gasteiger partial charge is 0.360 e. The van der Waals surface area contributed by atoms with Crippen molar-refractivity contribution >= 4 is 21.7 Å². The van der Waals surface area contributed by atoms with Gasteiger partial charge in [-0.25, -0.2) is 12.7 Å². The van der Waals surface area contributed by atoms with E-state index in [1.165, 1.54) is 6.07 Å². The van der Waals surface area contributed by atoms with E-state index in [0.717, 1.165) is 10.6 Å². The van der Waals surface area contributed by atoms with Crippen LogP contribution in [0.1, 0.15) is 5.76 Å². The molecule has 1 amide bonds. The first-order valence-electron chi connectivity index (χ1n) is 6.02. The highest BCUT2D eigenvalue weighted by molar-refractivity contribution is 7.92. The van der Waals surface area contributed by atoms with Crippen LogP contribution in [0.5, 0.6) is 0 Å². The average molecular weight is 304 g/mol. The van der Waals surface area contributed by atoms with Crippen molar-refractivity contribution in [2.45, 2.75) is 6.92 Å². The number of hydrogen-bond donors (Lipinski definition) is 1. The molecule has 20 heavy (non-hydrogen) atoms. The maximum atomic E-state index is 11.8. The lowest BCUT2D eigenvalue weighted by molar-refractivity contribution is -0.119. The molecular weight excluding hydrogens is 284 g/mol. The number of carbonyl (C=O) groups is 1. The number of likely N-dealkylation sites (N-methyl/N-ethyl adjacent to an activating group) is 1. The molecule has 0 fully saturated rings. The summed E-state index contributed by atoms with van der Waals surface area (Å²) in [5.74, 6) is 0.187. The van der Waals surface area contributed by atoms with Gasteiger partial charge in [0.15, 0.2) is 5.82 Å². The van der Waals surface area contributed by atoms with E-state index in [1.807, 2.05) is 19.0 Å². The van der Waals surface area contributed by atoms with Crippen molar-refractivity contribution in [3.05, 3.63) is 11.8 Å². The zero-order chi connectivity index (χ0) is 15.3. The molecule has 1 aromatic heterocycles. The van der Waals surface area contributed by atoms with E-state index in [9.17, 15) is 13.2 Å². The van der Waals surface area contributed by atoms with Crippen molar-refractivity contribution < 1.29 is 17.7 Å². The number of aryl methyl sites for hydroxylation is 1. The third-order valence-electron chi connectivity index (χ3n) is 2.44. The Bertz CT molecular complexity index is 553. The summed E-state index contributed by atoms with van der Waals surface area (Å²) in [6.07, 6.45) is 1.02. The number of nitrogens with zero attached hydrogens (tertiary/aromatic N) is 3. The smallest absolute Gasteiger partial charge is 0.240 e. The maximum Gasteiger partial charge on any atom is 0.240 e. The van der Waals surface area contributed by atoms with Gasteiger partial charge in [-0.05, 0) is 21.0 Å². The summed E-state index contributed by atoms with van der Waals surface area (Å²) in [5.41, 5.74) is 0. The van der Waals surface area contributed by atoms with Crippen LogP contribution >= 0.6 is 0 Å². The second-order valence-electron chi connectivity index (χ2n) is 4.72. The molecule has 1 aromatic rings. The molecule has 0 atom stereocenters. The zero-order valence-electron chi connectivity index (χ0n) is 12.1. The van der Waals surface area contributed by atoms with E-state index in [1.54, 1.807) is 6.92 Å². The van der Waals surface area contributed by atoms with Crippen LogP contribution in [0.4, 0.5) is 5.82 Å². The minimum Gasteiger partial charge on any atom is -0.360 e. The molecule has 1 N–H and O–H groups in total. The molecule has 8 nitrogen and oxygen atoms in total. The Morgan fingerprint density at radius 1 is 1.45 bits per heavy atom. The summed E-state index contributed by atoms with van der Waals surface area (Å²) in [4.78, 5) is 13.7. The van der Waals surface area contributed by atoms with Crippen LogP contribution in [0.25, 0.3) is 0 Å². The van der Waals surface area contributed by atoms with E-state index >= 15 is 0 Å². The van der Waals surface area contributed by atoms with Crippen LogP contribution < -0.4 is 9.62 Å². The number of hydrogen-bond acceptors (Lipinski definition) is 6. The third kappa shape index (κ3) is 5.17. The highest BCUT2D eigenvalue weighted by atomic mass is 32.2. The summed E-state index contributed by atoms with van der Waals surface area (Å²) in [5, 5.41) is 6.28. The highest BCUT2D eigenvalue weighted by Crippen LogP contribution is 2.16. The van der Waals surface area contributed by atoms with Crippen LogP contribution in [0, 0.1) is 6.92 Å². The molecule has 0 aliphatic carbocycles. The lowest BCUT2D eigenvalue weighted by atomic mass is 10.4. The standard InChI is InChI=1S/C11H20N4O4S/c1-9-7-10(13-19-9)15(20(4,17)18)8-11(16)12-5-6-14(2)3/h7H,5-6,8H2,1-4H3,(H,12,16). The van der Waals surface area contributed by atoms with Gasteiger partial charge in [-0.2, -0.15) is 0 Å². The van der Waals surface area contributed by atoms with Crippen LogP contribution in [0.2, 0.25) is 0 Å². The summed E-state index contributed by atoms with van der Waals surface area (Å²) in [6, 6.07) is 1.47. The minimum atomic E-state index is -3.60. The predicted molar refractivity (Wildman–Crippen MR) is 75.0 cm³/mol. The summed E-state index contributed by atoms with van der Waals surface area (Å²) in [7, 11) is 0.163. The molecule has 9 heteroatoms. The van der Waals surface area contributed by atoms with Crippen LogP contribution in [0.3, 0.4) is 0 Å². The van der Waals surface area contributed by atoms with Gasteiger partial charge in [0.1, 0.15) is 12.3 Å². The zero-order valence-corrected chi connectivity index (χ0v) is 12.9. The van der Waals surface area contributed by atoms with Gasteiger partial charge in [0.05, 0.1) is 6.26 Å². The van der Waals surface area contributed by atoms with Gasteiger partial charge in [-0.15, -0.1) is 0 Å². The van der Waals surface area contributed by atoms with Crippen molar-refractivity contribution in [1.82, 2.24) is 15.4 Å². The number of nitrogens with one attached hydrogen (secondary N) is 1. The maximum absolute atomic E-state index is 11.8. The SMILES string of the molecule is Cc1cc(N(CC(=O)NCCN(C)C)S(C)(=O)=O)no1. The van der Waals surface area contributed by atoms with E-state index in [4.69, 9.17) is 4.52 Å². The molecule has 0 unspecified atom stereocenters. The lowest BCUT2D eigenvalue weighted by Crippen LogP contribution is -2.42. The first-order valence-corrected chi connectivity index (χ1v) is 7.87. The first kappa shape index (κ1) is 16.4. The number of carbonyl (C=O) groups excluding carboxylic acids is 1. The average Bonchev–Trinajstić information content (AvgIpc) is 2.70. The second-order valence-corrected chi connectivity index (χ2v) is 6.63. The fourth-order valence-electron chi connectivity index (χ4n) is 1.44. The fourth-order valence-corrected chi connectivity index (χ4v) is 2.22. The summed E-state index contributed by atoms with van der Waals surface area (Å²) < 4.78 is 29.2. The molecule has 0 aromatic carbocycles. The van der Waals surface area contributed by atoms with E-state index < -0.39 is 15.9 Å². The molecule has 114 valence electrons. The van der Waals surface area contributed by atoms with Crippen molar-refractivity contribution in [3.63, 3.8) is 0 Å². The fraction of sp³-hybridized carbons (Fsp3) is 0.636. The van der Waals surface area contributed by atoms with Crippen molar-refractivity contribution in [3.8, 4) is 0 Å². The molecule has 1 rings (SSSR count). The molecular formula is C11H20N4O4S. The third-order valence-corrected chi connectivity index (χ3v) is 3.56. The molecule has 0 bridgehead atoms. The molecule has 0 radical (unpaired) electrons. The summed E-state index contributed by atoms with van der Waals surface area (Å²) in [6.45, 7) is 2.45. The Hall–Kier alpha value is -1.61. The van der Waals surface area contributed by atoms with Gasteiger partial charge in [0, 0.05) is 19.2 Å². The van der Waals surface area contributed by atoms with Crippen molar-refractivity contribution in [2.75, 3.05) is 44.3 Å². The van der Waals surface area contributed by atoms with E-state index in [0.29, 0.717) is 18.8 Å². The molecule has 0 aliphatic heterocycles. The van der Waals surface area contributed by atoms with Gasteiger partial charge < -0.3 is 14.7 Å². The first-order chi connectivity index (χ1) is 9.20. The summed E-state index contributed by atoms with van der Waals surface area (Å²) >= 11 is 0. The lowest BCUT2D eigenvalue weighted by Gasteiger charge is -2.18. The van der Waals surface area contributed by atoms with Crippen LogP contribution in [-0.4, -0.2) is 64.4 Å². The monoisotopic (exact) mass is 304 g/mol.